The number of aromatic nitrogens is 1. The highest BCUT2D eigenvalue weighted by Crippen LogP contribution is 2.19. The van der Waals surface area contributed by atoms with Crippen molar-refractivity contribution in [1.29, 1.82) is 10.5 Å². The van der Waals surface area contributed by atoms with Gasteiger partial charge in [-0.2, -0.15) is 10.5 Å². The normalized spacial score (nSPS) is 8.93. The van der Waals surface area contributed by atoms with Gasteiger partial charge in [0, 0.05) is 17.0 Å². The number of nitriles is 2. The molecular formula is C11H11N3. The van der Waals surface area contributed by atoms with Crippen molar-refractivity contribution in [2.45, 2.75) is 20.8 Å². The van der Waals surface area contributed by atoms with Crippen molar-refractivity contribution in [2.75, 3.05) is 0 Å². The molecule has 0 bridgehead atoms. The van der Waals surface area contributed by atoms with Crippen LogP contribution in [0.5, 0.6) is 0 Å². The fraction of sp³-hybridized carbons (Fsp3) is 0.273. The first-order valence-corrected chi connectivity index (χ1v) is 4.27. The number of hydrogen-bond acceptors (Lipinski definition) is 2. The number of H-pyrrole nitrogens is 1. The SMILES string of the molecule is Cc1[nH]c(C)c(C=C(C#N)C#N)c1C. The van der Waals surface area contributed by atoms with Crippen LogP contribution in [0.2, 0.25) is 0 Å². The van der Waals surface area contributed by atoms with Gasteiger partial charge in [-0.05, 0) is 32.4 Å². The minimum absolute atomic E-state index is 0.134. The van der Waals surface area contributed by atoms with E-state index < -0.39 is 0 Å². The predicted molar refractivity (Wildman–Crippen MR) is 54.2 cm³/mol. The maximum Gasteiger partial charge on any atom is 0.130 e. The molecule has 1 N–H and O–H groups in total. The minimum atomic E-state index is 0.134. The van der Waals surface area contributed by atoms with Crippen molar-refractivity contribution in [1.82, 2.24) is 4.98 Å². The number of nitrogens with zero attached hydrogens (tertiary/aromatic N) is 2. The lowest BCUT2D eigenvalue weighted by atomic mass is 10.1. The van der Waals surface area contributed by atoms with Crippen LogP contribution in [0.1, 0.15) is 22.5 Å². The molecule has 0 saturated carbocycles. The summed E-state index contributed by atoms with van der Waals surface area (Å²) >= 11 is 0. The lowest BCUT2D eigenvalue weighted by molar-refractivity contribution is 1.17. The molecule has 3 heteroatoms. The van der Waals surface area contributed by atoms with Gasteiger partial charge in [-0.25, -0.2) is 0 Å². The summed E-state index contributed by atoms with van der Waals surface area (Å²) < 4.78 is 0. The molecule has 14 heavy (non-hydrogen) atoms. The molecule has 0 aromatic carbocycles. The molecule has 0 aliphatic carbocycles. The predicted octanol–water partition coefficient (Wildman–Crippen LogP) is 2.37. The highest BCUT2D eigenvalue weighted by atomic mass is 14.7. The third-order valence-corrected chi connectivity index (χ3v) is 2.28. The van der Waals surface area contributed by atoms with E-state index in [9.17, 15) is 0 Å². The maximum atomic E-state index is 8.62. The third-order valence-electron chi connectivity index (χ3n) is 2.28. The summed E-state index contributed by atoms with van der Waals surface area (Å²) in [6, 6.07) is 3.70. The van der Waals surface area contributed by atoms with E-state index in [-0.39, 0.29) is 5.57 Å². The molecule has 1 rings (SSSR count). The summed E-state index contributed by atoms with van der Waals surface area (Å²) in [5, 5.41) is 17.2. The van der Waals surface area contributed by atoms with Gasteiger partial charge >= 0.3 is 0 Å². The molecule has 0 fully saturated rings. The molecule has 0 aliphatic heterocycles. The Labute approximate surface area is 83.3 Å². The summed E-state index contributed by atoms with van der Waals surface area (Å²) in [5.74, 6) is 0. The topological polar surface area (TPSA) is 63.4 Å². The zero-order chi connectivity index (χ0) is 10.7. The summed E-state index contributed by atoms with van der Waals surface area (Å²) in [5.41, 5.74) is 4.23. The Morgan fingerprint density at radius 3 is 2.07 bits per heavy atom. The molecule has 0 radical (unpaired) electrons. The number of aryl methyl sites for hydroxylation is 2. The van der Waals surface area contributed by atoms with Gasteiger partial charge in [0.1, 0.15) is 17.7 Å². The number of nitrogens with one attached hydrogen (secondary N) is 1. The van der Waals surface area contributed by atoms with Crippen LogP contribution in [0.4, 0.5) is 0 Å². The quantitative estimate of drug-likeness (QED) is 0.682. The number of allylic oxidation sites excluding steroid dienone is 1. The molecule has 0 saturated heterocycles. The molecule has 1 aromatic heterocycles. The van der Waals surface area contributed by atoms with Crippen LogP contribution in [0, 0.1) is 43.4 Å². The maximum absolute atomic E-state index is 8.62. The zero-order valence-corrected chi connectivity index (χ0v) is 8.47. The minimum Gasteiger partial charge on any atom is -0.362 e. The van der Waals surface area contributed by atoms with Gasteiger partial charge in [-0.15, -0.1) is 0 Å². The van der Waals surface area contributed by atoms with E-state index in [1.807, 2.05) is 32.9 Å². The summed E-state index contributed by atoms with van der Waals surface area (Å²) in [6.45, 7) is 5.87. The lowest BCUT2D eigenvalue weighted by Gasteiger charge is -1.93. The molecule has 0 aliphatic rings. The van der Waals surface area contributed by atoms with Crippen molar-refractivity contribution in [3.63, 3.8) is 0 Å². The molecule has 3 nitrogen and oxygen atoms in total. The Kier molecular flexibility index (Phi) is 2.74. The number of hydrogen-bond donors (Lipinski definition) is 1. The van der Waals surface area contributed by atoms with Gasteiger partial charge < -0.3 is 4.98 Å². The average molecular weight is 185 g/mol. The van der Waals surface area contributed by atoms with E-state index in [2.05, 4.69) is 4.98 Å². The van der Waals surface area contributed by atoms with Crippen LogP contribution in [-0.2, 0) is 0 Å². The Bertz CT molecular complexity index is 448. The van der Waals surface area contributed by atoms with E-state index >= 15 is 0 Å². The van der Waals surface area contributed by atoms with E-state index in [1.165, 1.54) is 0 Å². The van der Waals surface area contributed by atoms with E-state index in [4.69, 9.17) is 10.5 Å². The second-order valence-electron chi connectivity index (χ2n) is 3.20. The average Bonchev–Trinajstić information content (AvgIpc) is 2.40. The molecule has 0 unspecified atom stereocenters. The zero-order valence-electron chi connectivity index (χ0n) is 8.47. The van der Waals surface area contributed by atoms with Gasteiger partial charge in [0.2, 0.25) is 0 Å². The summed E-state index contributed by atoms with van der Waals surface area (Å²) in [6.07, 6.45) is 1.62. The first-order valence-electron chi connectivity index (χ1n) is 4.27. The molecule has 70 valence electrons. The largest absolute Gasteiger partial charge is 0.362 e. The smallest absolute Gasteiger partial charge is 0.130 e. The first-order chi connectivity index (χ1) is 6.60. The van der Waals surface area contributed by atoms with Crippen LogP contribution in [0.3, 0.4) is 0 Å². The van der Waals surface area contributed by atoms with Crippen molar-refractivity contribution in [3.8, 4) is 12.1 Å². The fourth-order valence-electron chi connectivity index (χ4n) is 1.38. The van der Waals surface area contributed by atoms with Crippen molar-refractivity contribution < 1.29 is 0 Å². The summed E-state index contributed by atoms with van der Waals surface area (Å²) in [7, 11) is 0. The van der Waals surface area contributed by atoms with E-state index in [1.54, 1.807) is 6.08 Å². The lowest BCUT2D eigenvalue weighted by Crippen LogP contribution is -1.80. The first kappa shape index (κ1) is 10.1. The van der Waals surface area contributed by atoms with Gasteiger partial charge in [-0.3, -0.25) is 0 Å². The van der Waals surface area contributed by atoms with Crippen molar-refractivity contribution in [2.24, 2.45) is 0 Å². The molecule has 0 amide bonds. The molecule has 0 atom stereocenters. The van der Waals surface area contributed by atoms with Gasteiger partial charge in [0.25, 0.3) is 0 Å². The highest BCUT2D eigenvalue weighted by molar-refractivity contribution is 5.66. The monoisotopic (exact) mass is 185 g/mol. The Morgan fingerprint density at radius 2 is 1.71 bits per heavy atom. The van der Waals surface area contributed by atoms with Crippen molar-refractivity contribution in [3.05, 3.63) is 28.1 Å². The Balaban J connectivity index is 3.30. The van der Waals surface area contributed by atoms with Crippen LogP contribution in [-0.4, -0.2) is 4.98 Å². The molecule has 1 heterocycles. The highest BCUT2D eigenvalue weighted by Gasteiger charge is 2.06. The van der Waals surface area contributed by atoms with E-state index in [0.717, 1.165) is 22.5 Å². The second-order valence-corrected chi connectivity index (χ2v) is 3.20. The van der Waals surface area contributed by atoms with Gasteiger partial charge in [-0.1, -0.05) is 0 Å². The molecular weight excluding hydrogens is 174 g/mol. The second kappa shape index (κ2) is 3.81. The standard InChI is InChI=1S/C11H11N3/c1-7-8(2)14-9(3)11(7)4-10(5-12)6-13/h4,14H,1-3H3. The number of aromatic amines is 1. The van der Waals surface area contributed by atoms with E-state index in [0.29, 0.717) is 0 Å². The van der Waals surface area contributed by atoms with Crippen LogP contribution in [0.15, 0.2) is 5.57 Å². The Morgan fingerprint density at radius 1 is 1.14 bits per heavy atom. The molecule has 1 aromatic rings. The summed E-state index contributed by atoms with van der Waals surface area (Å²) in [4.78, 5) is 3.17. The third kappa shape index (κ3) is 1.67. The van der Waals surface area contributed by atoms with Crippen LogP contribution in [0.25, 0.3) is 6.08 Å². The van der Waals surface area contributed by atoms with Crippen LogP contribution < -0.4 is 0 Å². The number of rotatable bonds is 1. The van der Waals surface area contributed by atoms with Crippen LogP contribution >= 0.6 is 0 Å². The van der Waals surface area contributed by atoms with Gasteiger partial charge in [0.05, 0.1) is 0 Å². The molecule has 0 spiro atoms. The van der Waals surface area contributed by atoms with Crippen molar-refractivity contribution >= 4 is 6.08 Å². The fourth-order valence-corrected chi connectivity index (χ4v) is 1.38. The van der Waals surface area contributed by atoms with Gasteiger partial charge in [0.15, 0.2) is 0 Å². The Hall–Kier alpha value is -2.00.